The highest BCUT2D eigenvalue weighted by molar-refractivity contribution is 7.99. The molecule has 0 aliphatic rings. The summed E-state index contributed by atoms with van der Waals surface area (Å²) in [6.45, 7) is 2.77. The van der Waals surface area contributed by atoms with E-state index in [1.165, 1.54) is 17.3 Å². The summed E-state index contributed by atoms with van der Waals surface area (Å²) in [7, 11) is 0. The number of carbonyl (C=O) groups excluding carboxylic acids is 2. The first-order chi connectivity index (χ1) is 9.63. The SMILES string of the molecule is CC[C@H](CNC(=O)CCSCC(N)=O)c1ccccc1. The fourth-order valence-corrected chi connectivity index (χ4v) is 2.56. The van der Waals surface area contributed by atoms with Crippen molar-refractivity contribution >= 4 is 23.6 Å². The van der Waals surface area contributed by atoms with Gasteiger partial charge < -0.3 is 11.1 Å². The predicted molar refractivity (Wildman–Crippen MR) is 83.6 cm³/mol. The van der Waals surface area contributed by atoms with Gasteiger partial charge in [0, 0.05) is 24.6 Å². The molecule has 0 aliphatic heterocycles. The number of benzene rings is 1. The van der Waals surface area contributed by atoms with E-state index in [2.05, 4.69) is 24.4 Å². The zero-order chi connectivity index (χ0) is 14.8. The summed E-state index contributed by atoms with van der Waals surface area (Å²) < 4.78 is 0. The molecule has 2 amide bonds. The second kappa shape index (κ2) is 9.42. The molecule has 0 saturated carbocycles. The largest absolute Gasteiger partial charge is 0.369 e. The summed E-state index contributed by atoms with van der Waals surface area (Å²) in [4.78, 5) is 22.3. The van der Waals surface area contributed by atoms with Gasteiger partial charge in [-0.3, -0.25) is 9.59 Å². The Morgan fingerprint density at radius 2 is 2.00 bits per heavy atom. The average molecular weight is 294 g/mol. The minimum atomic E-state index is -0.342. The number of nitrogens with one attached hydrogen (secondary N) is 1. The molecule has 5 heteroatoms. The summed E-state index contributed by atoms with van der Waals surface area (Å²) in [5.74, 6) is 0.923. The second-order valence-electron chi connectivity index (χ2n) is 4.59. The number of rotatable bonds is 9. The molecule has 4 nitrogen and oxygen atoms in total. The molecule has 0 aliphatic carbocycles. The first kappa shape index (κ1) is 16.6. The van der Waals surface area contributed by atoms with Crippen molar-refractivity contribution in [2.75, 3.05) is 18.1 Å². The Morgan fingerprint density at radius 3 is 2.60 bits per heavy atom. The molecule has 1 aromatic rings. The van der Waals surface area contributed by atoms with Gasteiger partial charge >= 0.3 is 0 Å². The van der Waals surface area contributed by atoms with Crippen molar-refractivity contribution < 1.29 is 9.59 Å². The average Bonchev–Trinajstić information content (AvgIpc) is 2.45. The van der Waals surface area contributed by atoms with Crippen molar-refractivity contribution in [3.8, 4) is 0 Å². The number of hydrogen-bond acceptors (Lipinski definition) is 3. The molecule has 0 radical (unpaired) electrons. The van der Waals surface area contributed by atoms with Crippen molar-refractivity contribution in [3.63, 3.8) is 0 Å². The number of hydrogen-bond donors (Lipinski definition) is 2. The van der Waals surface area contributed by atoms with E-state index < -0.39 is 0 Å². The van der Waals surface area contributed by atoms with Crippen LogP contribution in [0, 0.1) is 0 Å². The summed E-state index contributed by atoms with van der Waals surface area (Å²) in [6, 6.07) is 10.2. The Balaban J connectivity index is 2.27. The van der Waals surface area contributed by atoms with E-state index in [0.717, 1.165) is 6.42 Å². The molecule has 0 heterocycles. The van der Waals surface area contributed by atoms with Gasteiger partial charge in [-0.15, -0.1) is 0 Å². The lowest BCUT2D eigenvalue weighted by atomic mass is 9.96. The summed E-state index contributed by atoms with van der Waals surface area (Å²) in [6.07, 6.45) is 1.41. The van der Waals surface area contributed by atoms with Gasteiger partial charge in [0.05, 0.1) is 5.75 Å². The third kappa shape index (κ3) is 6.61. The van der Waals surface area contributed by atoms with Crippen LogP contribution in [-0.4, -0.2) is 29.9 Å². The molecule has 1 aromatic carbocycles. The van der Waals surface area contributed by atoms with E-state index in [1.807, 2.05) is 18.2 Å². The van der Waals surface area contributed by atoms with E-state index in [0.29, 0.717) is 24.6 Å². The first-order valence-corrected chi connectivity index (χ1v) is 7.96. The fraction of sp³-hybridized carbons (Fsp3) is 0.467. The quantitative estimate of drug-likeness (QED) is 0.683. The third-order valence-corrected chi connectivity index (χ3v) is 4.01. The Bertz CT molecular complexity index is 423. The maximum Gasteiger partial charge on any atom is 0.227 e. The lowest BCUT2D eigenvalue weighted by molar-refractivity contribution is -0.120. The summed E-state index contributed by atoms with van der Waals surface area (Å²) >= 11 is 1.39. The molecule has 0 bridgehead atoms. The highest BCUT2D eigenvalue weighted by atomic mass is 32.2. The van der Waals surface area contributed by atoms with Gasteiger partial charge in [-0.05, 0) is 12.0 Å². The second-order valence-corrected chi connectivity index (χ2v) is 5.69. The molecule has 1 rings (SSSR count). The Kier molecular flexibility index (Phi) is 7.80. The lowest BCUT2D eigenvalue weighted by Crippen LogP contribution is -2.28. The van der Waals surface area contributed by atoms with Gasteiger partial charge in [-0.2, -0.15) is 11.8 Å². The third-order valence-electron chi connectivity index (χ3n) is 3.03. The van der Waals surface area contributed by atoms with Crippen LogP contribution in [0.25, 0.3) is 0 Å². The molecule has 3 N–H and O–H groups in total. The van der Waals surface area contributed by atoms with Crippen molar-refractivity contribution in [1.29, 1.82) is 0 Å². The zero-order valence-corrected chi connectivity index (χ0v) is 12.6. The number of nitrogens with two attached hydrogens (primary N) is 1. The molecule has 110 valence electrons. The van der Waals surface area contributed by atoms with Gasteiger partial charge in [0.2, 0.25) is 11.8 Å². The molecule has 20 heavy (non-hydrogen) atoms. The normalized spacial score (nSPS) is 11.8. The van der Waals surface area contributed by atoms with Gasteiger partial charge in [-0.25, -0.2) is 0 Å². The summed E-state index contributed by atoms with van der Waals surface area (Å²) in [5, 5.41) is 2.95. The van der Waals surface area contributed by atoms with Crippen molar-refractivity contribution in [2.24, 2.45) is 5.73 Å². The first-order valence-electron chi connectivity index (χ1n) is 6.81. The molecular weight excluding hydrogens is 272 g/mol. The van der Waals surface area contributed by atoms with Crippen LogP contribution >= 0.6 is 11.8 Å². The lowest BCUT2D eigenvalue weighted by Gasteiger charge is -2.16. The number of thioether (sulfide) groups is 1. The molecule has 0 saturated heterocycles. The van der Waals surface area contributed by atoms with Crippen molar-refractivity contribution in [3.05, 3.63) is 35.9 Å². The summed E-state index contributed by atoms with van der Waals surface area (Å²) in [5.41, 5.74) is 6.28. The van der Waals surface area contributed by atoms with Crippen LogP contribution < -0.4 is 11.1 Å². The molecule has 0 aromatic heterocycles. The van der Waals surface area contributed by atoms with Gasteiger partial charge in [0.25, 0.3) is 0 Å². The van der Waals surface area contributed by atoms with Gasteiger partial charge in [-0.1, -0.05) is 37.3 Å². The van der Waals surface area contributed by atoms with Gasteiger partial charge in [0.15, 0.2) is 0 Å². The van der Waals surface area contributed by atoms with Crippen LogP contribution in [0.4, 0.5) is 0 Å². The fourth-order valence-electron chi connectivity index (χ4n) is 1.89. The van der Waals surface area contributed by atoms with Crippen LogP contribution in [0.3, 0.4) is 0 Å². The van der Waals surface area contributed by atoms with E-state index in [-0.39, 0.29) is 17.6 Å². The number of carbonyl (C=O) groups is 2. The molecule has 0 fully saturated rings. The van der Waals surface area contributed by atoms with Crippen LogP contribution in [0.2, 0.25) is 0 Å². The van der Waals surface area contributed by atoms with Crippen LogP contribution in [0.15, 0.2) is 30.3 Å². The van der Waals surface area contributed by atoms with E-state index in [4.69, 9.17) is 5.73 Å². The van der Waals surface area contributed by atoms with Crippen LogP contribution in [0.5, 0.6) is 0 Å². The molecule has 1 atom stereocenters. The van der Waals surface area contributed by atoms with Crippen LogP contribution in [-0.2, 0) is 9.59 Å². The molecule has 0 spiro atoms. The maximum absolute atomic E-state index is 11.7. The monoisotopic (exact) mass is 294 g/mol. The highest BCUT2D eigenvalue weighted by Gasteiger charge is 2.10. The van der Waals surface area contributed by atoms with Crippen molar-refractivity contribution in [1.82, 2.24) is 5.32 Å². The van der Waals surface area contributed by atoms with E-state index in [9.17, 15) is 9.59 Å². The molecular formula is C15H22N2O2S. The number of primary amides is 1. The maximum atomic E-state index is 11.7. The number of amides is 2. The topological polar surface area (TPSA) is 72.2 Å². The minimum absolute atomic E-state index is 0.0244. The Hall–Kier alpha value is -1.49. The van der Waals surface area contributed by atoms with Gasteiger partial charge in [0.1, 0.15) is 0 Å². The Morgan fingerprint density at radius 1 is 1.30 bits per heavy atom. The van der Waals surface area contributed by atoms with Crippen LogP contribution in [0.1, 0.15) is 31.2 Å². The van der Waals surface area contributed by atoms with E-state index in [1.54, 1.807) is 0 Å². The Labute approximate surface area is 124 Å². The minimum Gasteiger partial charge on any atom is -0.369 e. The standard InChI is InChI=1S/C15H22N2O2S/c1-2-12(13-6-4-3-5-7-13)10-17-15(19)8-9-20-11-14(16)18/h3-7,12H,2,8-11H2,1H3,(H2,16,18)(H,17,19)/t12-/m1/s1. The predicted octanol–water partition coefficient (Wildman–Crippen LogP) is 1.90. The zero-order valence-electron chi connectivity index (χ0n) is 11.8. The molecule has 0 unspecified atom stereocenters. The smallest absolute Gasteiger partial charge is 0.227 e. The van der Waals surface area contributed by atoms with E-state index >= 15 is 0 Å². The van der Waals surface area contributed by atoms with Crippen molar-refractivity contribution in [2.45, 2.75) is 25.7 Å². The highest BCUT2D eigenvalue weighted by Crippen LogP contribution is 2.17.